The van der Waals surface area contributed by atoms with E-state index >= 15 is 0 Å². The number of halogens is 2. The Bertz CT molecular complexity index is 1600. The number of hydrogen-bond acceptors (Lipinski definition) is 6. The molecule has 0 aliphatic carbocycles. The van der Waals surface area contributed by atoms with Crippen molar-refractivity contribution in [1.82, 2.24) is 19.3 Å². The zero-order valence-electron chi connectivity index (χ0n) is 19.1. The minimum Gasteiger partial charge on any atom is -0.435 e. The molecule has 0 bridgehead atoms. The highest BCUT2D eigenvalue weighted by atomic mass is 32.1. The molecule has 2 aromatic carbocycles. The van der Waals surface area contributed by atoms with E-state index in [1.807, 2.05) is 22.8 Å². The van der Waals surface area contributed by atoms with Gasteiger partial charge < -0.3 is 9.30 Å². The Kier molecular flexibility index (Phi) is 6.73. The summed E-state index contributed by atoms with van der Waals surface area (Å²) in [4.78, 5) is 13.6. The van der Waals surface area contributed by atoms with Gasteiger partial charge >= 0.3 is 6.61 Å². The van der Waals surface area contributed by atoms with Gasteiger partial charge in [0.2, 0.25) is 0 Å². The van der Waals surface area contributed by atoms with Gasteiger partial charge in [0.15, 0.2) is 5.82 Å². The number of fused-ring (bicyclic) bond motifs is 1. The summed E-state index contributed by atoms with van der Waals surface area (Å²) in [6.07, 6.45) is 5.54. The fourth-order valence-electron chi connectivity index (χ4n) is 4.22. The van der Waals surface area contributed by atoms with Gasteiger partial charge in [0.25, 0.3) is 5.56 Å². The molecule has 1 aliphatic rings. The van der Waals surface area contributed by atoms with Crippen molar-refractivity contribution in [3.63, 3.8) is 0 Å². The highest BCUT2D eigenvalue weighted by Crippen LogP contribution is 2.19. The fraction of sp³-hybridized carbons (Fsp3) is 0.231. The Hall–Kier alpha value is -4.10. The highest BCUT2D eigenvalue weighted by molar-refractivity contribution is 7.07. The van der Waals surface area contributed by atoms with Gasteiger partial charge in [0.1, 0.15) is 27.9 Å². The van der Waals surface area contributed by atoms with E-state index in [2.05, 4.69) is 21.0 Å². The van der Waals surface area contributed by atoms with Crippen LogP contribution in [-0.2, 0) is 13.0 Å². The molecule has 5 rings (SSSR count). The van der Waals surface area contributed by atoms with Crippen LogP contribution in [0, 0.1) is 11.3 Å². The molecular weight excluding hydrogens is 484 g/mol. The number of benzene rings is 2. The van der Waals surface area contributed by atoms with E-state index in [-0.39, 0.29) is 16.9 Å². The molecule has 4 aromatic rings. The molecular formula is C26H21F2N5O2S. The van der Waals surface area contributed by atoms with Crippen molar-refractivity contribution in [2.75, 3.05) is 0 Å². The van der Waals surface area contributed by atoms with Crippen LogP contribution in [0.25, 0.3) is 17.3 Å². The Morgan fingerprint density at radius 2 is 1.86 bits per heavy atom. The number of nitrogens with zero attached hydrogens (tertiary/aromatic N) is 5. The van der Waals surface area contributed by atoms with Crippen LogP contribution in [0.15, 0.2) is 59.4 Å². The summed E-state index contributed by atoms with van der Waals surface area (Å²) in [7, 11) is 0. The van der Waals surface area contributed by atoms with E-state index in [4.69, 9.17) is 0 Å². The van der Waals surface area contributed by atoms with Crippen LogP contribution in [0.2, 0.25) is 0 Å². The van der Waals surface area contributed by atoms with E-state index < -0.39 is 6.61 Å². The van der Waals surface area contributed by atoms with Gasteiger partial charge in [0.05, 0.1) is 10.2 Å². The van der Waals surface area contributed by atoms with Crippen molar-refractivity contribution < 1.29 is 13.5 Å². The van der Waals surface area contributed by atoms with Crippen LogP contribution in [0.3, 0.4) is 0 Å². The molecule has 7 nitrogen and oxygen atoms in total. The number of nitriles is 1. The van der Waals surface area contributed by atoms with Crippen molar-refractivity contribution in [2.45, 2.75) is 38.8 Å². The standard InChI is InChI=1S/C26H21F2N5O2S/c27-26(28)35-19-12-10-17(11-13-19)15-21-24(34)33(18-7-3-1-4-8-18)25(36-21)20(16-29)23-31-30-22-9-5-2-6-14-32(22)23/h1,3-4,7-8,10-13,15,26H,2,5-6,9,14H2/b21-15+,25-20-. The van der Waals surface area contributed by atoms with Gasteiger partial charge in [-0.3, -0.25) is 9.36 Å². The topological polar surface area (TPSA) is 85.7 Å². The number of para-hydroxylation sites is 1. The molecule has 3 heterocycles. The van der Waals surface area contributed by atoms with Gasteiger partial charge in [-0.05, 0) is 48.7 Å². The second-order valence-electron chi connectivity index (χ2n) is 8.23. The van der Waals surface area contributed by atoms with Crippen LogP contribution in [0.4, 0.5) is 8.78 Å². The molecule has 182 valence electrons. The number of hydrogen-bond donors (Lipinski definition) is 0. The maximum absolute atomic E-state index is 13.6. The van der Waals surface area contributed by atoms with Crippen LogP contribution < -0.4 is 19.5 Å². The van der Waals surface area contributed by atoms with Gasteiger partial charge in [-0.1, -0.05) is 36.8 Å². The van der Waals surface area contributed by atoms with Crippen molar-refractivity contribution in [2.24, 2.45) is 0 Å². The first kappa shape index (κ1) is 23.6. The number of aryl methyl sites for hydroxylation is 1. The molecule has 0 atom stereocenters. The number of aromatic nitrogens is 4. The Morgan fingerprint density at radius 3 is 2.58 bits per heavy atom. The van der Waals surface area contributed by atoms with Crippen molar-refractivity contribution in [1.29, 1.82) is 5.26 Å². The number of rotatable bonds is 5. The molecule has 0 amide bonds. The molecule has 0 unspecified atom stereocenters. The third kappa shape index (κ3) is 4.70. The molecule has 0 N–H and O–H groups in total. The van der Waals surface area contributed by atoms with E-state index in [0.717, 1.165) is 38.1 Å². The van der Waals surface area contributed by atoms with Crippen LogP contribution in [0.5, 0.6) is 5.75 Å². The van der Waals surface area contributed by atoms with E-state index in [9.17, 15) is 18.8 Å². The molecule has 0 radical (unpaired) electrons. The summed E-state index contributed by atoms with van der Waals surface area (Å²) >= 11 is 1.18. The molecule has 1 aliphatic heterocycles. The molecule has 0 spiro atoms. The van der Waals surface area contributed by atoms with Crippen molar-refractivity contribution in [3.8, 4) is 17.5 Å². The number of alkyl halides is 2. The summed E-state index contributed by atoms with van der Waals surface area (Å²) in [6, 6.07) is 17.4. The Balaban J connectivity index is 1.73. The smallest absolute Gasteiger partial charge is 0.387 e. The predicted octanol–water partition coefficient (Wildman–Crippen LogP) is 3.37. The van der Waals surface area contributed by atoms with Gasteiger partial charge in [-0.15, -0.1) is 21.5 Å². The largest absolute Gasteiger partial charge is 0.435 e. The second-order valence-corrected chi connectivity index (χ2v) is 9.26. The van der Waals surface area contributed by atoms with Crippen molar-refractivity contribution >= 4 is 23.0 Å². The molecule has 0 saturated heterocycles. The van der Waals surface area contributed by atoms with Crippen LogP contribution >= 0.6 is 11.3 Å². The highest BCUT2D eigenvalue weighted by Gasteiger charge is 2.21. The van der Waals surface area contributed by atoms with Gasteiger partial charge in [0, 0.05) is 13.0 Å². The average Bonchev–Trinajstić information content (AvgIpc) is 3.32. The lowest BCUT2D eigenvalue weighted by molar-refractivity contribution is -0.0498. The van der Waals surface area contributed by atoms with Crippen LogP contribution in [0.1, 0.15) is 36.5 Å². The van der Waals surface area contributed by atoms with Gasteiger partial charge in [-0.2, -0.15) is 14.0 Å². The number of ether oxygens (including phenoxy) is 1. The summed E-state index contributed by atoms with van der Waals surface area (Å²) in [5, 5.41) is 18.9. The first-order valence-corrected chi connectivity index (χ1v) is 12.3. The summed E-state index contributed by atoms with van der Waals surface area (Å²) in [5.41, 5.74) is 1.24. The average molecular weight is 506 g/mol. The third-order valence-electron chi connectivity index (χ3n) is 5.90. The summed E-state index contributed by atoms with van der Waals surface area (Å²) in [5.74, 6) is 1.34. The van der Waals surface area contributed by atoms with E-state index in [1.165, 1.54) is 28.0 Å². The minimum absolute atomic E-state index is 0.0308. The molecule has 0 saturated carbocycles. The minimum atomic E-state index is -2.91. The SMILES string of the molecule is N#C/C(c1nnc2n1CCCCC2)=c1/s/c(=C/c2ccc(OC(F)F)cc2)c(=O)n1-c1ccccc1. The predicted molar refractivity (Wildman–Crippen MR) is 132 cm³/mol. The first-order chi connectivity index (χ1) is 17.5. The molecule has 2 aromatic heterocycles. The summed E-state index contributed by atoms with van der Waals surface area (Å²) in [6.45, 7) is -2.19. The maximum atomic E-state index is 13.6. The normalized spacial score (nSPS) is 14.8. The fourth-order valence-corrected chi connectivity index (χ4v) is 5.32. The Morgan fingerprint density at radius 1 is 1.08 bits per heavy atom. The number of thiazole rings is 1. The van der Waals surface area contributed by atoms with Crippen molar-refractivity contribution in [3.05, 3.63) is 91.4 Å². The summed E-state index contributed by atoms with van der Waals surface area (Å²) < 4.78 is 33.7. The zero-order valence-corrected chi connectivity index (χ0v) is 19.9. The lowest BCUT2D eigenvalue weighted by Crippen LogP contribution is -2.31. The van der Waals surface area contributed by atoms with E-state index in [0.29, 0.717) is 26.3 Å². The maximum Gasteiger partial charge on any atom is 0.387 e. The first-order valence-electron chi connectivity index (χ1n) is 11.5. The molecule has 10 heteroatoms. The quantitative estimate of drug-likeness (QED) is 0.415. The monoisotopic (exact) mass is 505 g/mol. The Labute approximate surface area is 208 Å². The lowest BCUT2D eigenvalue weighted by atomic mass is 10.2. The van der Waals surface area contributed by atoms with E-state index in [1.54, 1.807) is 30.3 Å². The molecule has 0 fully saturated rings. The third-order valence-corrected chi connectivity index (χ3v) is 6.99. The second kappa shape index (κ2) is 10.3. The zero-order chi connectivity index (χ0) is 25.1. The lowest BCUT2D eigenvalue weighted by Gasteiger charge is -2.07. The van der Waals surface area contributed by atoms with Gasteiger partial charge in [-0.25, -0.2) is 0 Å². The van der Waals surface area contributed by atoms with Crippen LogP contribution in [-0.4, -0.2) is 25.9 Å². The molecule has 36 heavy (non-hydrogen) atoms.